The van der Waals surface area contributed by atoms with Gasteiger partial charge in [0.15, 0.2) is 0 Å². The van der Waals surface area contributed by atoms with Crippen LogP contribution in [0.25, 0.3) is 0 Å². The highest BCUT2D eigenvalue weighted by Crippen LogP contribution is 2.19. The summed E-state index contributed by atoms with van der Waals surface area (Å²) in [5.74, 6) is 1.65. The van der Waals surface area contributed by atoms with Crippen LogP contribution in [-0.2, 0) is 0 Å². The van der Waals surface area contributed by atoms with Gasteiger partial charge in [0, 0.05) is 11.6 Å². The van der Waals surface area contributed by atoms with Crippen molar-refractivity contribution in [1.82, 2.24) is 5.32 Å². The van der Waals surface area contributed by atoms with Gasteiger partial charge in [-0.25, -0.2) is 0 Å². The van der Waals surface area contributed by atoms with Crippen LogP contribution in [0.5, 0.6) is 11.5 Å². The van der Waals surface area contributed by atoms with Crippen LogP contribution in [0, 0.1) is 0 Å². The standard InChI is InChI=1S/C12H19NO2/c1-12(2,13-3)9-15-11-7-5-6-10(8-11)14-4/h5-8,13H,9H2,1-4H3. The quantitative estimate of drug-likeness (QED) is 0.805. The second-order valence-electron chi connectivity index (χ2n) is 4.10. The van der Waals surface area contributed by atoms with Crippen LogP contribution in [0.3, 0.4) is 0 Å². The number of methoxy groups -OCH3 is 1. The molecule has 0 aliphatic rings. The lowest BCUT2D eigenvalue weighted by atomic mass is 10.1. The molecule has 0 radical (unpaired) electrons. The van der Waals surface area contributed by atoms with Gasteiger partial charge in [-0.2, -0.15) is 0 Å². The Morgan fingerprint density at radius 1 is 1.27 bits per heavy atom. The van der Waals surface area contributed by atoms with Gasteiger partial charge in [0.05, 0.1) is 7.11 Å². The van der Waals surface area contributed by atoms with Gasteiger partial charge < -0.3 is 14.8 Å². The van der Waals surface area contributed by atoms with E-state index in [4.69, 9.17) is 9.47 Å². The SMILES string of the molecule is CNC(C)(C)COc1cccc(OC)c1. The lowest BCUT2D eigenvalue weighted by Crippen LogP contribution is -2.42. The van der Waals surface area contributed by atoms with Crippen molar-refractivity contribution < 1.29 is 9.47 Å². The fourth-order valence-electron chi connectivity index (χ4n) is 1.03. The summed E-state index contributed by atoms with van der Waals surface area (Å²) in [4.78, 5) is 0. The Hall–Kier alpha value is -1.22. The molecule has 3 heteroatoms. The first-order chi connectivity index (χ1) is 7.07. The second kappa shape index (κ2) is 5.03. The second-order valence-corrected chi connectivity index (χ2v) is 4.10. The molecule has 0 heterocycles. The maximum Gasteiger partial charge on any atom is 0.123 e. The van der Waals surface area contributed by atoms with Crippen LogP contribution in [0.2, 0.25) is 0 Å². The van der Waals surface area contributed by atoms with Gasteiger partial charge in [-0.05, 0) is 33.0 Å². The van der Waals surface area contributed by atoms with Crippen LogP contribution in [0.4, 0.5) is 0 Å². The molecule has 3 nitrogen and oxygen atoms in total. The molecule has 1 rings (SSSR count). The highest BCUT2D eigenvalue weighted by molar-refractivity contribution is 5.32. The van der Waals surface area contributed by atoms with Gasteiger partial charge in [-0.1, -0.05) is 6.07 Å². The van der Waals surface area contributed by atoms with E-state index in [2.05, 4.69) is 19.2 Å². The Morgan fingerprint density at radius 2 is 1.93 bits per heavy atom. The van der Waals surface area contributed by atoms with Gasteiger partial charge in [0.25, 0.3) is 0 Å². The Kier molecular flexibility index (Phi) is 3.97. The Bertz CT molecular complexity index is 310. The average Bonchev–Trinajstić information content (AvgIpc) is 2.27. The molecule has 0 fully saturated rings. The molecule has 1 N–H and O–H groups in total. The molecule has 0 aliphatic carbocycles. The first-order valence-corrected chi connectivity index (χ1v) is 5.03. The van der Waals surface area contributed by atoms with Crippen molar-refractivity contribution in [1.29, 1.82) is 0 Å². The summed E-state index contributed by atoms with van der Waals surface area (Å²) in [7, 11) is 3.57. The average molecular weight is 209 g/mol. The number of rotatable bonds is 5. The van der Waals surface area contributed by atoms with Crippen LogP contribution < -0.4 is 14.8 Å². The molecule has 0 spiro atoms. The summed E-state index contributed by atoms with van der Waals surface area (Å²) in [6.45, 7) is 4.80. The van der Waals surface area contributed by atoms with E-state index >= 15 is 0 Å². The third-order valence-electron chi connectivity index (χ3n) is 2.32. The number of hydrogen-bond donors (Lipinski definition) is 1. The molecule has 15 heavy (non-hydrogen) atoms. The molecule has 0 aromatic heterocycles. The smallest absolute Gasteiger partial charge is 0.123 e. The van der Waals surface area contributed by atoms with Crippen LogP contribution >= 0.6 is 0 Å². The van der Waals surface area contributed by atoms with E-state index in [0.29, 0.717) is 6.61 Å². The minimum atomic E-state index is -0.0247. The minimum Gasteiger partial charge on any atom is -0.497 e. The zero-order chi connectivity index (χ0) is 11.3. The Balaban J connectivity index is 2.57. The highest BCUT2D eigenvalue weighted by Gasteiger charge is 2.15. The molecule has 1 aromatic rings. The molecule has 0 atom stereocenters. The molecule has 0 aliphatic heterocycles. The van der Waals surface area contributed by atoms with Crippen molar-refractivity contribution in [2.75, 3.05) is 20.8 Å². The molecule has 0 saturated heterocycles. The normalized spacial score (nSPS) is 11.2. The summed E-state index contributed by atoms with van der Waals surface area (Å²) >= 11 is 0. The summed E-state index contributed by atoms with van der Waals surface area (Å²) in [5.41, 5.74) is -0.0247. The summed E-state index contributed by atoms with van der Waals surface area (Å²) in [5, 5.41) is 3.18. The number of likely N-dealkylation sites (N-methyl/N-ethyl adjacent to an activating group) is 1. The highest BCUT2D eigenvalue weighted by atomic mass is 16.5. The Labute approximate surface area is 91.4 Å². The predicted octanol–water partition coefficient (Wildman–Crippen LogP) is 2.07. The molecule has 84 valence electrons. The van der Waals surface area contributed by atoms with Crippen molar-refractivity contribution in [2.24, 2.45) is 0 Å². The molecule has 1 aromatic carbocycles. The van der Waals surface area contributed by atoms with Crippen molar-refractivity contribution in [3.8, 4) is 11.5 Å². The molecular weight excluding hydrogens is 190 g/mol. The minimum absolute atomic E-state index is 0.0247. The fourth-order valence-corrected chi connectivity index (χ4v) is 1.03. The molecule has 0 amide bonds. The molecule has 0 unspecified atom stereocenters. The van der Waals surface area contributed by atoms with E-state index in [0.717, 1.165) is 11.5 Å². The number of benzene rings is 1. The van der Waals surface area contributed by atoms with E-state index in [1.807, 2.05) is 31.3 Å². The van der Waals surface area contributed by atoms with E-state index in [1.165, 1.54) is 0 Å². The summed E-state index contributed by atoms with van der Waals surface area (Å²) in [6, 6.07) is 7.62. The first kappa shape index (κ1) is 11.9. The van der Waals surface area contributed by atoms with Gasteiger partial charge in [0.1, 0.15) is 18.1 Å². The molecule has 0 saturated carbocycles. The van der Waals surface area contributed by atoms with Gasteiger partial charge >= 0.3 is 0 Å². The van der Waals surface area contributed by atoms with Crippen molar-refractivity contribution in [2.45, 2.75) is 19.4 Å². The van der Waals surface area contributed by atoms with E-state index < -0.39 is 0 Å². The first-order valence-electron chi connectivity index (χ1n) is 5.03. The molecular formula is C12H19NO2. The third-order valence-corrected chi connectivity index (χ3v) is 2.32. The lowest BCUT2D eigenvalue weighted by Gasteiger charge is -2.24. The zero-order valence-electron chi connectivity index (χ0n) is 9.83. The Morgan fingerprint density at radius 3 is 2.53 bits per heavy atom. The number of hydrogen-bond acceptors (Lipinski definition) is 3. The van der Waals surface area contributed by atoms with Crippen molar-refractivity contribution >= 4 is 0 Å². The van der Waals surface area contributed by atoms with Crippen LogP contribution in [0.15, 0.2) is 24.3 Å². The van der Waals surface area contributed by atoms with Crippen molar-refractivity contribution in [3.05, 3.63) is 24.3 Å². The maximum absolute atomic E-state index is 5.66. The van der Waals surface area contributed by atoms with E-state index in [1.54, 1.807) is 7.11 Å². The fraction of sp³-hybridized carbons (Fsp3) is 0.500. The van der Waals surface area contributed by atoms with E-state index in [-0.39, 0.29) is 5.54 Å². The zero-order valence-corrected chi connectivity index (χ0v) is 9.83. The lowest BCUT2D eigenvalue weighted by molar-refractivity contribution is 0.216. The topological polar surface area (TPSA) is 30.5 Å². The summed E-state index contributed by atoms with van der Waals surface area (Å²) < 4.78 is 10.8. The molecule has 0 bridgehead atoms. The number of nitrogens with one attached hydrogen (secondary N) is 1. The van der Waals surface area contributed by atoms with Crippen molar-refractivity contribution in [3.63, 3.8) is 0 Å². The monoisotopic (exact) mass is 209 g/mol. The van der Waals surface area contributed by atoms with E-state index in [9.17, 15) is 0 Å². The van der Waals surface area contributed by atoms with Crippen LogP contribution in [-0.4, -0.2) is 26.3 Å². The maximum atomic E-state index is 5.66. The predicted molar refractivity (Wildman–Crippen MR) is 61.6 cm³/mol. The van der Waals surface area contributed by atoms with Gasteiger partial charge in [0.2, 0.25) is 0 Å². The number of ether oxygens (including phenoxy) is 2. The van der Waals surface area contributed by atoms with Gasteiger partial charge in [-0.15, -0.1) is 0 Å². The summed E-state index contributed by atoms with van der Waals surface area (Å²) in [6.07, 6.45) is 0. The van der Waals surface area contributed by atoms with Gasteiger partial charge in [-0.3, -0.25) is 0 Å². The van der Waals surface area contributed by atoms with Crippen LogP contribution in [0.1, 0.15) is 13.8 Å². The third kappa shape index (κ3) is 3.80. The largest absolute Gasteiger partial charge is 0.497 e.